The van der Waals surface area contributed by atoms with E-state index in [1.54, 1.807) is 7.11 Å². The van der Waals surface area contributed by atoms with Gasteiger partial charge in [-0.2, -0.15) is 0 Å². The van der Waals surface area contributed by atoms with Crippen LogP contribution in [0.1, 0.15) is 28.8 Å². The predicted molar refractivity (Wildman–Crippen MR) is 117 cm³/mol. The van der Waals surface area contributed by atoms with Gasteiger partial charge in [-0.25, -0.2) is 0 Å². The lowest BCUT2D eigenvalue weighted by Crippen LogP contribution is -2.49. The minimum absolute atomic E-state index is 0.158. The van der Waals surface area contributed by atoms with Crippen molar-refractivity contribution in [3.05, 3.63) is 59.7 Å². The van der Waals surface area contributed by atoms with E-state index in [0.29, 0.717) is 0 Å². The number of amides is 1. The molecule has 1 amide bonds. The molecule has 5 heteroatoms. The van der Waals surface area contributed by atoms with Gasteiger partial charge in [0.2, 0.25) is 0 Å². The van der Waals surface area contributed by atoms with Crippen LogP contribution in [-0.2, 0) is 6.42 Å². The number of nitrogens with zero attached hydrogens (tertiary/aromatic N) is 3. The summed E-state index contributed by atoms with van der Waals surface area (Å²) >= 11 is 0. The molecular formula is C24H31N3O2. The van der Waals surface area contributed by atoms with Crippen LogP contribution in [0.5, 0.6) is 5.75 Å². The van der Waals surface area contributed by atoms with Crippen molar-refractivity contribution in [1.82, 2.24) is 9.80 Å². The van der Waals surface area contributed by atoms with E-state index in [0.717, 1.165) is 63.5 Å². The molecule has 0 radical (unpaired) electrons. The van der Waals surface area contributed by atoms with Crippen LogP contribution in [0.4, 0.5) is 5.69 Å². The van der Waals surface area contributed by atoms with E-state index < -0.39 is 0 Å². The Morgan fingerprint density at radius 1 is 0.931 bits per heavy atom. The summed E-state index contributed by atoms with van der Waals surface area (Å²) in [5, 5.41) is 0. The van der Waals surface area contributed by atoms with Crippen LogP contribution in [0.3, 0.4) is 0 Å². The molecule has 29 heavy (non-hydrogen) atoms. The van der Waals surface area contributed by atoms with Crippen molar-refractivity contribution in [2.24, 2.45) is 0 Å². The van der Waals surface area contributed by atoms with Gasteiger partial charge in [-0.3, -0.25) is 9.69 Å². The van der Waals surface area contributed by atoms with E-state index >= 15 is 0 Å². The molecule has 2 aliphatic rings. The average Bonchev–Trinajstić information content (AvgIpc) is 3.33. The normalized spacial score (nSPS) is 17.6. The molecule has 0 saturated carbocycles. The fraction of sp³-hybridized carbons (Fsp3) is 0.458. The Morgan fingerprint density at radius 2 is 1.66 bits per heavy atom. The zero-order chi connectivity index (χ0) is 20.1. The minimum atomic E-state index is 0.158. The van der Waals surface area contributed by atoms with Crippen molar-refractivity contribution in [1.29, 1.82) is 0 Å². The first-order valence-corrected chi connectivity index (χ1v) is 10.7. The highest BCUT2D eigenvalue weighted by Gasteiger charge is 2.22. The molecule has 2 aliphatic heterocycles. The van der Waals surface area contributed by atoms with Gasteiger partial charge in [0.15, 0.2) is 0 Å². The third kappa shape index (κ3) is 4.91. The fourth-order valence-corrected chi connectivity index (χ4v) is 4.26. The highest BCUT2D eigenvalue weighted by Crippen LogP contribution is 2.21. The van der Waals surface area contributed by atoms with Gasteiger partial charge in [0.1, 0.15) is 5.75 Å². The van der Waals surface area contributed by atoms with Crippen LogP contribution in [-0.4, -0.2) is 68.6 Å². The Balaban J connectivity index is 1.26. The fourth-order valence-electron chi connectivity index (χ4n) is 4.26. The van der Waals surface area contributed by atoms with Gasteiger partial charge in [-0.1, -0.05) is 12.1 Å². The number of carbonyl (C=O) groups excluding carboxylic acids is 1. The summed E-state index contributed by atoms with van der Waals surface area (Å²) in [6.07, 6.45) is 3.54. The summed E-state index contributed by atoms with van der Waals surface area (Å²) in [4.78, 5) is 19.7. The van der Waals surface area contributed by atoms with E-state index in [2.05, 4.69) is 34.1 Å². The van der Waals surface area contributed by atoms with Gasteiger partial charge in [-0.15, -0.1) is 0 Å². The van der Waals surface area contributed by atoms with Crippen molar-refractivity contribution in [2.75, 3.05) is 57.8 Å². The molecule has 4 rings (SSSR count). The highest BCUT2D eigenvalue weighted by molar-refractivity contribution is 5.94. The maximum absolute atomic E-state index is 12.9. The number of rotatable bonds is 6. The van der Waals surface area contributed by atoms with Crippen LogP contribution in [0.2, 0.25) is 0 Å². The lowest BCUT2D eigenvalue weighted by molar-refractivity contribution is 0.0638. The predicted octanol–water partition coefficient (Wildman–Crippen LogP) is 3.30. The quantitative estimate of drug-likeness (QED) is 0.755. The topological polar surface area (TPSA) is 36.0 Å². The number of piperazine rings is 1. The largest absolute Gasteiger partial charge is 0.497 e. The summed E-state index contributed by atoms with van der Waals surface area (Å²) in [6, 6.07) is 16.5. The van der Waals surface area contributed by atoms with Crippen molar-refractivity contribution in [3.8, 4) is 5.75 Å². The van der Waals surface area contributed by atoms with E-state index in [1.807, 2.05) is 29.2 Å². The number of ether oxygens (including phenoxy) is 1. The van der Waals surface area contributed by atoms with Crippen LogP contribution < -0.4 is 9.64 Å². The molecule has 2 saturated heterocycles. The SMILES string of the molecule is COc1cccc(CCN2CCN(C(=O)c3ccc(N4CCCC4)cc3)CC2)c1. The molecule has 0 aliphatic carbocycles. The minimum Gasteiger partial charge on any atom is -0.497 e. The summed E-state index contributed by atoms with van der Waals surface area (Å²) in [5.74, 6) is 1.07. The first-order chi connectivity index (χ1) is 14.2. The number of benzene rings is 2. The molecule has 2 fully saturated rings. The smallest absolute Gasteiger partial charge is 0.253 e. The van der Waals surface area contributed by atoms with Gasteiger partial charge in [0.25, 0.3) is 5.91 Å². The Morgan fingerprint density at radius 3 is 2.34 bits per heavy atom. The summed E-state index contributed by atoms with van der Waals surface area (Å²) in [6.45, 7) is 6.73. The summed E-state index contributed by atoms with van der Waals surface area (Å²) in [5.41, 5.74) is 3.33. The molecule has 0 bridgehead atoms. The third-order valence-corrected chi connectivity index (χ3v) is 6.10. The number of anilines is 1. The van der Waals surface area contributed by atoms with Crippen molar-refractivity contribution >= 4 is 11.6 Å². The first kappa shape index (κ1) is 19.8. The Hall–Kier alpha value is -2.53. The second-order valence-corrected chi connectivity index (χ2v) is 7.98. The Kier molecular flexibility index (Phi) is 6.35. The van der Waals surface area contributed by atoms with Crippen LogP contribution in [0.25, 0.3) is 0 Å². The Bertz CT molecular complexity index is 807. The lowest BCUT2D eigenvalue weighted by atomic mass is 10.1. The van der Waals surface area contributed by atoms with Gasteiger partial charge in [0.05, 0.1) is 7.11 Å². The lowest BCUT2D eigenvalue weighted by Gasteiger charge is -2.35. The molecule has 2 aromatic rings. The zero-order valence-corrected chi connectivity index (χ0v) is 17.3. The maximum atomic E-state index is 12.9. The second kappa shape index (κ2) is 9.31. The van der Waals surface area contributed by atoms with Gasteiger partial charge in [0, 0.05) is 57.1 Å². The van der Waals surface area contributed by atoms with E-state index in [-0.39, 0.29) is 5.91 Å². The van der Waals surface area contributed by atoms with Gasteiger partial charge in [-0.05, 0) is 61.2 Å². The average molecular weight is 394 g/mol. The van der Waals surface area contributed by atoms with Gasteiger partial charge < -0.3 is 14.5 Å². The van der Waals surface area contributed by atoms with E-state index in [4.69, 9.17) is 4.74 Å². The molecule has 2 aromatic carbocycles. The third-order valence-electron chi connectivity index (χ3n) is 6.10. The van der Waals surface area contributed by atoms with Crippen molar-refractivity contribution in [3.63, 3.8) is 0 Å². The molecule has 0 aromatic heterocycles. The molecule has 0 unspecified atom stereocenters. The molecular weight excluding hydrogens is 362 g/mol. The monoisotopic (exact) mass is 393 g/mol. The van der Waals surface area contributed by atoms with Crippen molar-refractivity contribution < 1.29 is 9.53 Å². The molecule has 5 nitrogen and oxygen atoms in total. The molecule has 154 valence electrons. The molecule has 0 atom stereocenters. The molecule has 0 N–H and O–H groups in total. The summed E-state index contributed by atoms with van der Waals surface area (Å²) < 4.78 is 5.30. The van der Waals surface area contributed by atoms with Crippen molar-refractivity contribution in [2.45, 2.75) is 19.3 Å². The standard InChI is InChI=1S/C24H31N3O2/c1-29-23-6-4-5-20(19-23)11-14-25-15-17-27(18-16-25)24(28)21-7-9-22(10-8-21)26-12-2-3-13-26/h4-10,19H,2-3,11-18H2,1H3. The molecule has 2 heterocycles. The zero-order valence-electron chi connectivity index (χ0n) is 17.3. The second-order valence-electron chi connectivity index (χ2n) is 7.98. The highest BCUT2D eigenvalue weighted by atomic mass is 16.5. The first-order valence-electron chi connectivity index (χ1n) is 10.7. The van der Waals surface area contributed by atoms with Crippen LogP contribution in [0.15, 0.2) is 48.5 Å². The van der Waals surface area contributed by atoms with Gasteiger partial charge >= 0.3 is 0 Å². The summed E-state index contributed by atoms with van der Waals surface area (Å²) in [7, 11) is 1.70. The van der Waals surface area contributed by atoms with E-state index in [1.165, 1.54) is 24.1 Å². The number of methoxy groups -OCH3 is 1. The van der Waals surface area contributed by atoms with Crippen LogP contribution >= 0.6 is 0 Å². The van der Waals surface area contributed by atoms with Crippen LogP contribution in [0, 0.1) is 0 Å². The Labute approximate surface area is 173 Å². The van der Waals surface area contributed by atoms with E-state index in [9.17, 15) is 4.79 Å². The number of hydrogen-bond acceptors (Lipinski definition) is 4. The number of hydrogen-bond donors (Lipinski definition) is 0. The number of carbonyl (C=O) groups is 1. The molecule has 0 spiro atoms. The maximum Gasteiger partial charge on any atom is 0.253 e.